The lowest BCUT2D eigenvalue weighted by atomic mass is 10.1. The molecule has 2 aromatic rings. The molecular formula is C21H23NO7S. The first-order chi connectivity index (χ1) is 14.1. The Kier molecular flexibility index (Phi) is 6.02. The minimum absolute atomic E-state index is 0.0316. The first-order valence-corrected chi connectivity index (χ1v) is 11.2. The molecule has 0 saturated heterocycles. The number of methoxy groups -OCH3 is 1. The third-order valence-corrected chi connectivity index (χ3v) is 5.67. The minimum Gasteiger partial charge on any atom is -0.490 e. The predicted molar refractivity (Wildman–Crippen MR) is 110 cm³/mol. The van der Waals surface area contributed by atoms with Gasteiger partial charge in [-0.3, -0.25) is 4.79 Å². The zero-order chi connectivity index (χ0) is 22.1. The summed E-state index contributed by atoms with van der Waals surface area (Å²) in [6.07, 6.45) is 0.509. The number of hydrogen-bond donors (Lipinski definition) is 0. The summed E-state index contributed by atoms with van der Waals surface area (Å²) < 4.78 is 39.5. The monoisotopic (exact) mass is 433 g/mol. The standard InChI is InChI=1S/C21H23NO7S/c1-13(2)28-19-9-8-14(30(4,25)26)12-16(19)20(23)22-11-10-15-17(22)6-5-7-18(15)29-21(24)27-3/h5-9,12-13H,10-11H2,1-4H3. The molecule has 0 N–H and O–H groups in total. The molecule has 160 valence electrons. The van der Waals surface area contributed by atoms with E-state index in [9.17, 15) is 18.0 Å². The van der Waals surface area contributed by atoms with Gasteiger partial charge in [0.2, 0.25) is 0 Å². The van der Waals surface area contributed by atoms with Crippen LogP contribution in [0.2, 0.25) is 0 Å². The average molecular weight is 433 g/mol. The van der Waals surface area contributed by atoms with Gasteiger partial charge in [0.15, 0.2) is 9.84 Å². The van der Waals surface area contributed by atoms with E-state index in [1.54, 1.807) is 18.2 Å². The van der Waals surface area contributed by atoms with Crippen molar-refractivity contribution in [1.82, 2.24) is 0 Å². The second kappa shape index (κ2) is 8.35. The molecule has 30 heavy (non-hydrogen) atoms. The van der Waals surface area contributed by atoms with Crippen LogP contribution in [-0.4, -0.2) is 46.5 Å². The van der Waals surface area contributed by atoms with Crippen LogP contribution in [0, 0.1) is 0 Å². The maximum atomic E-state index is 13.4. The Morgan fingerprint density at radius 3 is 2.47 bits per heavy atom. The van der Waals surface area contributed by atoms with Crippen LogP contribution in [0.4, 0.5) is 10.5 Å². The fourth-order valence-corrected chi connectivity index (χ4v) is 3.90. The van der Waals surface area contributed by atoms with Gasteiger partial charge in [-0.1, -0.05) is 6.07 Å². The summed E-state index contributed by atoms with van der Waals surface area (Å²) >= 11 is 0. The molecular weight excluding hydrogens is 410 g/mol. The van der Waals surface area contributed by atoms with Crippen molar-refractivity contribution in [3.05, 3.63) is 47.5 Å². The summed E-state index contributed by atoms with van der Waals surface area (Å²) in [5.74, 6) is 0.223. The van der Waals surface area contributed by atoms with Gasteiger partial charge in [0.1, 0.15) is 11.5 Å². The van der Waals surface area contributed by atoms with Gasteiger partial charge < -0.3 is 19.1 Å². The van der Waals surface area contributed by atoms with Crippen molar-refractivity contribution in [2.75, 3.05) is 24.8 Å². The Morgan fingerprint density at radius 1 is 1.10 bits per heavy atom. The molecule has 1 aliphatic rings. The molecule has 1 amide bonds. The summed E-state index contributed by atoms with van der Waals surface area (Å²) in [5, 5.41) is 0. The molecule has 1 heterocycles. The van der Waals surface area contributed by atoms with E-state index in [0.717, 1.165) is 6.26 Å². The van der Waals surface area contributed by atoms with E-state index >= 15 is 0 Å². The van der Waals surface area contributed by atoms with Crippen LogP contribution in [0.3, 0.4) is 0 Å². The molecule has 0 aromatic heterocycles. The number of rotatable bonds is 5. The number of anilines is 1. The molecule has 0 radical (unpaired) electrons. The second-order valence-corrected chi connectivity index (χ2v) is 9.13. The Labute approximate surface area is 175 Å². The third-order valence-electron chi connectivity index (χ3n) is 4.56. The number of amides is 1. The maximum absolute atomic E-state index is 13.4. The van der Waals surface area contributed by atoms with Gasteiger partial charge in [-0.25, -0.2) is 13.2 Å². The van der Waals surface area contributed by atoms with Crippen LogP contribution in [-0.2, 0) is 21.0 Å². The van der Waals surface area contributed by atoms with Gasteiger partial charge in [0, 0.05) is 18.4 Å². The van der Waals surface area contributed by atoms with Crippen molar-refractivity contribution in [2.45, 2.75) is 31.3 Å². The molecule has 0 spiro atoms. The van der Waals surface area contributed by atoms with Gasteiger partial charge in [0.05, 0.1) is 29.4 Å². The number of hydrogen-bond acceptors (Lipinski definition) is 7. The van der Waals surface area contributed by atoms with E-state index < -0.39 is 21.9 Å². The number of fused-ring (bicyclic) bond motifs is 1. The van der Waals surface area contributed by atoms with Crippen LogP contribution < -0.4 is 14.4 Å². The predicted octanol–water partition coefficient (Wildman–Crippen LogP) is 3.23. The molecule has 0 bridgehead atoms. The number of nitrogens with zero attached hydrogens (tertiary/aromatic N) is 1. The van der Waals surface area contributed by atoms with Gasteiger partial charge in [-0.15, -0.1) is 0 Å². The zero-order valence-electron chi connectivity index (χ0n) is 17.2. The fraction of sp³-hybridized carbons (Fsp3) is 0.333. The lowest BCUT2D eigenvalue weighted by molar-refractivity contribution is 0.0983. The topological polar surface area (TPSA) is 99.2 Å². The number of ether oxygens (including phenoxy) is 3. The van der Waals surface area contributed by atoms with Crippen molar-refractivity contribution in [1.29, 1.82) is 0 Å². The second-order valence-electron chi connectivity index (χ2n) is 7.11. The number of benzene rings is 2. The summed E-state index contributed by atoms with van der Waals surface area (Å²) in [5.41, 5.74) is 1.43. The van der Waals surface area contributed by atoms with Gasteiger partial charge >= 0.3 is 6.16 Å². The highest BCUT2D eigenvalue weighted by atomic mass is 32.2. The Bertz CT molecular complexity index is 1090. The van der Waals surface area contributed by atoms with Crippen LogP contribution in [0.1, 0.15) is 29.8 Å². The summed E-state index contributed by atoms with van der Waals surface area (Å²) in [7, 11) is -2.29. The summed E-state index contributed by atoms with van der Waals surface area (Å²) in [6.45, 7) is 3.99. The van der Waals surface area contributed by atoms with Crippen LogP contribution in [0.25, 0.3) is 0 Å². The molecule has 0 unspecified atom stereocenters. The fourth-order valence-electron chi connectivity index (χ4n) is 3.25. The van der Waals surface area contributed by atoms with Gasteiger partial charge in [-0.2, -0.15) is 0 Å². The van der Waals surface area contributed by atoms with E-state index in [2.05, 4.69) is 4.74 Å². The van der Waals surface area contributed by atoms with Crippen LogP contribution in [0.15, 0.2) is 41.3 Å². The number of carbonyl (C=O) groups excluding carboxylic acids is 2. The highest BCUT2D eigenvalue weighted by molar-refractivity contribution is 7.90. The highest BCUT2D eigenvalue weighted by Gasteiger charge is 2.31. The van der Waals surface area contributed by atoms with Crippen LogP contribution in [0.5, 0.6) is 11.5 Å². The maximum Gasteiger partial charge on any atom is 0.513 e. The Hall–Kier alpha value is -3.07. The van der Waals surface area contributed by atoms with Gasteiger partial charge in [0.25, 0.3) is 5.91 Å². The zero-order valence-corrected chi connectivity index (χ0v) is 18.0. The van der Waals surface area contributed by atoms with E-state index in [1.807, 2.05) is 13.8 Å². The lowest BCUT2D eigenvalue weighted by Gasteiger charge is -2.21. The first kappa shape index (κ1) is 21.6. The van der Waals surface area contributed by atoms with Crippen molar-refractivity contribution in [3.63, 3.8) is 0 Å². The molecule has 1 aliphatic heterocycles. The molecule has 0 aliphatic carbocycles. The number of carbonyl (C=O) groups is 2. The third kappa shape index (κ3) is 4.40. The molecule has 9 heteroatoms. The molecule has 0 fully saturated rings. The quantitative estimate of drug-likeness (QED) is 0.527. The van der Waals surface area contributed by atoms with E-state index in [0.29, 0.717) is 35.7 Å². The molecule has 0 saturated carbocycles. The molecule has 0 atom stereocenters. The van der Waals surface area contributed by atoms with Crippen molar-refractivity contribution >= 4 is 27.6 Å². The van der Waals surface area contributed by atoms with Crippen molar-refractivity contribution in [3.8, 4) is 11.5 Å². The molecule has 2 aromatic carbocycles. The largest absolute Gasteiger partial charge is 0.513 e. The Balaban J connectivity index is 2.03. The molecule has 8 nitrogen and oxygen atoms in total. The van der Waals surface area contributed by atoms with Gasteiger partial charge in [-0.05, 0) is 50.6 Å². The van der Waals surface area contributed by atoms with Crippen molar-refractivity contribution < 1.29 is 32.2 Å². The minimum atomic E-state index is -3.51. The lowest BCUT2D eigenvalue weighted by Crippen LogP contribution is -2.29. The SMILES string of the molecule is COC(=O)Oc1cccc2c1CCN2C(=O)c1cc(S(C)(=O)=O)ccc1OC(C)C. The number of sulfone groups is 1. The molecule has 3 rings (SSSR count). The highest BCUT2D eigenvalue weighted by Crippen LogP contribution is 2.37. The van der Waals surface area contributed by atoms with E-state index in [-0.39, 0.29) is 16.6 Å². The summed E-state index contributed by atoms with van der Waals surface area (Å²) in [6, 6.07) is 9.29. The van der Waals surface area contributed by atoms with E-state index in [4.69, 9.17) is 9.47 Å². The first-order valence-electron chi connectivity index (χ1n) is 9.32. The normalized spacial score (nSPS) is 13.2. The smallest absolute Gasteiger partial charge is 0.490 e. The Morgan fingerprint density at radius 2 is 1.83 bits per heavy atom. The van der Waals surface area contributed by atoms with Crippen LogP contribution >= 0.6 is 0 Å². The summed E-state index contributed by atoms with van der Waals surface area (Å²) in [4.78, 5) is 26.5. The van der Waals surface area contributed by atoms with Crippen molar-refractivity contribution in [2.24, 2.45) is 0 Å². The van der Waals surface area contributed by atoms with E-state index in [1.165, 1.54) is 30.2 Å². The average Bonchev–Trinajstić information content (AvgIpc) is 3.11.